The zero-order valence-corrected chi connectivity index (χ0v) is 5.54. The molecular weight excluding hydrogens is 126 g/mol. The van der Waals surface area contributed by atoms with E-state index in [0.717, 1.165) is 11.3 Å². The first-order chi connectivity index (χ1) is 4.86. The molecule has 0 radical (unpaired) electrons. The highest BCUT2D eigenvalue weighted by molar-refractivity contribution is 5.76. The summed E-state index contributed by atoms with van der Waals surface area (Å²) in [6, 6.07) is 3.64. The van der Waals surface area contributed by atoms with Gasteiger partial charge in [-0.3, -0.25) is 4.98 Å². The van der Waals surface area contributed by atoms with Crippen LogP contribution in [0.3, 0.4) is 0 Å². The third kappa shape index (κ3) is 1.39. The molecule has 0 aliphatic rings. The van der Waals surface area contributed by atoms with E-state index >= 15 is 0 Å². The first kappa shape index (κ1) is 6.89. The summed E-state index contributed by atoms with van der Waals surface area (Å²) in [5.74, 6) is 0. The lowest BCUT2D eigenvalue weighted by Crippen LogP contribution is -1.98. The van der Waals surface area contributed by atoms with Gasteiger partial charge in [0, 0.05) is 24.5 Å². The Morgan fingerprint density at radius 3 is 2.80 bits per heavy atom. The summed E-state index contributed by atoms with van der Waals surface area (Å²) in [4.78, 5) is 3.99. The quantitative estimate of drug-likeness (QED) is 0.581. The maximum atomic E-state index is 6.88. The summed E-state index contributed by atoms with van der Waals surface area (Å²) in [5, 5.41) is 6.88. The van der Waals surface area contributed by atoms with Crippen LogP contribution in [0, 0.1) is 5.41 Å². The molecular formula is C7H9N3. The first-order valence-corrected chi connectivity index (χ1v) is 3.02. The Morgan fingerprint density at radius 2 is 2.40 bits per heavy atom. The van der Waals surface area contributed by atoms with Crippen LogP contribution in [0.4, 0.5) is 0 Å². The Hall–Kier alpha value is -1.22. The minimum absolute atomic E-state index is 0.457. The minimum atomic E-state index is 0.457. The highest BCUT2D eigenvalue weighted by Crippen LogP contribution is 1.95. The molecule has 10 heavy (non-hydrogen) atoms. The van der Waals surface area contributed by atoms with E-state index in [1.54, 1.807) is 6.20 Å². The maximum absolute atomic E-state index is 6.88. The van der Waals surface area contributed by atoms with E-state index in [2.05, 4.69) is 4.98 Å². The minimum Gasteiger partial charge on any atom is -0.325 e. The second-order valence-electron chi connectivity index (χ2n) is 1.93. The van der Waals surface area contributed by atoms with Gasteiger partial charge in [-0.15, -0.1) is 0 Å². The lowest BCUT2D eigenvalue weighted by Gasteiger charge is -1.93. The second-order valence-corrected chi connectivity index (χ2v) is 1.93. The van der Waals surface area contributed by atoms with Gasteiger partial charge in [-0.05, 0) is 6.07 Å². The van der Waals surface area contributed by atoms with Crippen molar-refractivity contribution < 1.29 is 0 Å². The van der Waals surface area contributed by atoms with Crippen LogP contribution in [0.1, 0.15) is 11.3 Å². The largest absolute Gasteiger partial charge is 0.325 e. The molecule has 0 saturated carbocycles. The molecule has 3 N–H and O–H groups in total. The SMILES string of the molecule is N=Cc1ccc(CN)nc1. The smallest absolute Gasteiger partial charge is 0.0539 e. The van der Waals surface area contributed by atoms with Gasteiger partial charge in [0.1, 0.15) is 0 Å². The van der Waals surface area contributed by atoms with Crippen molar-refractivity contribution in [2.45, 2.75) is 6.54 Å². The highest BCUT2D eigenvalue weighted by atomic mass is 14.7. The molecule has 0 amide bonds. The molecule has 1 rings (SSSR count). The van der Waals surface area contributed by atoms with Crippen molar-refractivity contribution >= 4 is 6.21 Å². The van der Waals surface area contributed by atoms with Crippen LogP contribution >= 0.6 is 0 Å². The van der Waals surface area contributed by atoms with Crippen LogP contribution in [-0.2, 0) is 6.54 Å². The number of hydrogen-bond acceptors (Lipinski definition) is 3. The normalized spacial score (nSPS) is 9.30. The predicted molar refractivity (Wildman–Crippen MR) is 40.0 cm³/mol. The zero-order chi connectivity index (χ0) is 7.40. The van der Waals surface area contributed by atoms with E-state index in [0.29, 0.717) is 6.54 Å². The Kier molecular flexibility index (Phi) is 2.12. The van der Waals surface area contributed by atoms with E-state index in [9.17, 15) is 0 Å². The van der Waals surface area contributed by atoms with Crippen molar-refractivity contribution in [1.82, 2.24) is 4.98 Å². The molecule has 3 nitrogen and oxygen atoms in total. The van der Waals surface area contributed by atoms with E-state index < -0.39 is 0 Å². The van der Waals surface area contributed by atoms with Gasteiger partial charge in [0.2, 0.25) is 0 Å². The highest BCUT2D eigenvalue weighted by Gasteiger charge is 1.88. The molecule has 0 unspecified atom stereocenters. The Balaban J connectivity index is 2.90. The summed E-state index contributed by atoms with van der Waals surface area (Å²) >= 11 is 0. The topological polar surface area (TPSA) is 62.8 Å². The third-order valence-corrected chi connectivity index (χ3v) is 1.22. The van der Waals surface area contributed by atoms with Crippen LogP contribution in [0.15, 0.2) is 18.3 Å². The van der Waals surface area contributed by atoms with Crippen LogP contribution in [-0.4, -0.2) is 11.2 Å². The second kappa shape index (κ2) is 3.08. The van der Waals surface area contributed by atoms with Crippen molar-refractivity contribution in [3.8, 4) is 0 Å². The molecule has 1 heterocycles. The van der Waals surface area contributed by atoms with Gasteiger partial charge in [-0.2, -0.15) is 0 Å². The number of hydrogen-bond donors (Lipinski definition) is 2. The van der Waals surface area contributed by atoms with Gasteiger partial charge in [0.15, 0.2) is 0 Å². The molecule has 0 aliphatic heterocycles. The summed E-state index contributed by atoms with van der Waals surface area (Å²) in [6.45, 7) is 0.457. The number of nitrogens with two attached hydrogens (primary N) is 1. The monoisotopic (exact) mass is 135 g/mol. The first-order valence-electron chi connectivity index (χ1n) is 3.02. The predicted octanol–water partition coefficient (Wildman–Crippen LogP) is 0.538. The molecule has 0 spiro atoms. The molecule has 52 valence electrons. The van der Waals surface area contributed by atoms with Gasteiger partial charge < -0.3 is 11.1 Å². The molecule has 1 aromatic heterocycles. The lowest BCUT2D eigenvalue weighted by atomic mass is 10.3. The summed E-state index contributed by atoms with van der Waals surface area (Å²) in [5.41, 5.74) is 6.98. The van der Waals surface area contributed by atoms with Crippen LogP contribution in [0.5, 0.6) is 0 Å². The zero-order valence-electron chi connectivity index (χ0n) is 5.54. The fraction of sp³-hybridized carbons (Fsp3) is 0.143. The third-order valence-electron chi connectivity index (χ3n) is 1.22. The number of rotatable bonds is 2. The summed E-state index contributed by atoms with van der Waals surface area (Å²) in [6.07, 6.45) is 2.89. The van der Waals surface area contributed by atoms with E-state index in [-0.39, 0.29) is 0 Å². The van der Waals surface area contributed by atoms with Gasteiger partial charge in [-0.25, -0.2) is 0 Å². The average molecular weight is 135 g/mol. The standard InChI is InChI=1S/C7H9N3/c8-3-6-1-2-7(4-9)10-5-6/h1-3,5,8H,4,9H2. The van der Waals surface area contributed by atoms with Gasteiger partial charge in [0.05, 0.1) is 5.69 Å². The molecule has 0 bridgehead atoms. The Labute approximate surface area is 59.4 Å². The number of pyridine rings is 1. The average Bonchev–Trinajstić information content (AvgIpc) is 2.05. The van der Waals surface area contributed by atoms with Gasteiger partial charge >= 0.3 is 0 Å². The van der Waals surface area contributed by atoms with E-state index in [4.69, 9.17) is 11.1 Å². The molecule has 0 atom stereocenters. The van der Waals surface area contributed by atoms with Crippen molar-refractivity contribution in [2.24, 2.45) is 5.73 Å². The molecule has 0 aliphatic carbocycles. The molecule has 0 fully saturated rings. The Morgan fingerprint density at radius 1 is 1.60 bits per heavy atom. The molecule has 0 aromatic carbocycles. The van der Waals surface area contributed by atoms with Gasteiger partial charge in [-0.1, -0.05) is 6.07 Å². The van der Waals surface area contributed by atoms with Gasteiger partial charge in [0.25, 0.3) is 0 Å². The number of aromatic nitrogens is 1. The Bertz CT molecular complexity index is 215. The number of nitrogens with zero attached hydrogens (tertiary/aromatic N) is 1. The molecule has 3 heteroatoms. The van der Waals surface area contributed by atoms with Crippen LogP contribution in [0.25, 0.3) is 0 Å². The van der Waals surface area contributed by atoms with Crippen molar-refractivity contribution in [3.05, 3.63) is 29.6 Å². The lowest BCUT2D eigenvalue weighted by molar-refractivity contribution is 0.989. The van der Waals surface area contributed by atoms with Crippen LogP contribution in [0.2, 0.25) is 0 Å². The van der Waals surface area contributed by atoms with Crippen molar-refractivity contribution in [1.29, 1.82) is 5.41 Å². The fourth-order valence-electron chi connectivity index (χ4n) is 0.642. The molecule has 1 aromatic rings. The fourth-order valence-corrected chi connectivity index (χ4v) is 0.642. The van der Waals surface area contributed by atoms with Crippen molar-refractivity contribution in [3.63, 3.8) is 0 Å². The summed E-state index contributed by atoms with van der Waals surface area (Å²) in [7, 11) is 0. The van der Waals surface area contributed by atoms with Crippen LogP contribution < -0.4 is 5.73 Å². The van der Waals surface area contributed by atoms with Crippen molar-refractivity contribution in [2.75, 3.05) is 0 Å². The summed E-state index contributed by atoms with van der Waals surface area (Å²) < 4.78 is 0. The number of nitrogens with one attached hydrogen (secondary N) is 1. The maximum Gasteiger partial charge on any atom is 0.0539 e. The van der Waals surface area contributed by atoms with E-state index in [1.165, 1.54) is 6.21 Å². The van der Waals surface area contributed by atoms with E-state index in [1.807, 2.05) is 12.1 Å². The molecule has 0 saturated heterocycles.